The Kier molecular flexibility index (Phi) is 6.95. The number of hydrogen-bond donors (Lipinski definition) is 2. The van der Waals surface area contributed by atoms with Gasteiger partial charge in [-0.1, -0.05) is 11.6 Å². The molecule has 0 saturated carbocycles. The van der Waals surface area contributed by atoms with Crippen molar-refractivity contribution < 1.29 is 41.0 Å². The smallest absolute Gasteiger partial charge is 0.489 e. The average molecular weight is 394 g/mol. The third-order valence-corrected chi connectivity index (χ3v) is 3.59. The van der Waals surface area contributed by atoms with Crippen molar-refractivity contribution in [2.45, 2.75) is 25.4 Å². The van der Waals surface area contributed by atoms with Gasteiger partial charge in [0.1, 0.15) is 11.9 Å². The highest BCUT2D eigenvalue weighted by molar-refractivity contribution is 6.32. The van der Waals surface area contributed by atoms with Crippen molar-refractivity contribution in [3.63, 3.8) is 0 Å². The molecule has 1 saturated heterocycles. The molecule has 1 aromatic carbocycles. The molecular formula is C14H14ClF6NO3. The molecule has 1 aromatic rings. The van der Waals surface area contributed by atoms with Gasteiger partial charge in [-0.25, -0.2) is 4.79 Å². The number of rotatable bonds is 3. The van der Waals surface area contributed by atoms with Crippen LogP contribution < -0.4 is 10.1 Å². The molecule has 1 heterocycles. The minimum absolute atomic E-state index is 0.0102. The molecule has 4 nitrogen and oxygen atoms in total. The number of benzene rings is 1. The lowest BCUT2D eigenvalue weighted by Gasteiger charge is -2.32. The molecule has 11 heteroatoms. The van der Waals surface area contributed by atoms with Crippen LogP contribution >= 0.6 is 11.6 Å². The maximum Gasteiger partial charge on any atom is 0.490 e. The maximum absolute atomic E-state index is 12.4. The lowest BCUT2D eigenvalue weighted by Crippen LogP contribution is -2.49. The quantitative estimate of drug-likeness (QED) is 0.763. The van der Waals surface area contributed by atoms with E-state index in [0.717, 1.165) is 25.2 Å². The molecule has 0 spiro atoms. The molecule has 1 fully saturated rings. The first-order valence-corrected chi connectivity index (χ1v) is 7.24. The molecule has 1 aliphatic rings. The third-order valence-electron chi connectivity index (χ3n) is 3.29. The zero-order valence-electron chi connectivity index (χ0n) is 12.7. The van der Waals surface area contributed by atoms with E-state index in [2.05, 4.69) is 5.32 Å². The van der Waals surface area contributed by atoms with E-state index in [1.165, 1.54) is 6.07 Å². The van der Waals surface area contributed by atoms with Crippen LogP contribution in [0.3, 0.4) is 0 Å². The van der Waals surface area contributed by atoms with Gasteiger partial charge < -0.3 is 15.2 Å². The van der Waals surface area contributed by atoms with Gasteiger partial charge in [0.05, 0.1) is 10.6 Å². The standard InChI is InChI=1S/C12H13ClF3NO.C2HF3O2/c1-7(8-5-17-6-8)18-11-3-2-9(4-10(11)13)12(14,15)16;3-2(4,5)1(6)7/h2-4,7-8,17H,5-6H2,1H3;(H,6,7). The zero-order chi connectivity index (χ0) is 19.4. The molecule has 1 unspecified atom stereocenters. The largest absolute Gasteiger partial charge is 0.490 e. The van der Waals surface area contributed by atoms with E-state index in [1.54, 1.807) is 0 Å². The highest BCUT2D eigenvalue weighted by Gasteiger charge is 2.38. The number of ether oxygens (including phenoxy) is 1. The molecule has 2 rings (SSSR count). The van der Waals surface area contributed by atoms with E-state index in [0.29, 0.717) is 11.7 Å². The fourth-order valence-electron chi connectivity index (χ4n) is 1.71. The van der Waals surface area contributed by atoms with E-state index >= 15 is 0 Å². The van der Waals surface area contributed by atoms with Gasteiger partial charge in [0.15, 0.2) is 0 Å². The number of aliphatic carboxylic acids is 1. The van der Waals surface area contributed by atoms with Gasteiger partial charge >= 0.3 is 18.3 Å². The monoisotopic (exact) mass is 393 g/mol. The van der Waals surface area contributed by atoms with Crippen LogP contribution in [0.25, 0.3) is 0 Å². The maximum atomic E-state index is 12.4. The van der Waals surface area contributed by atoms with Crippen LogP contribution in [0.15, 0.2) is 18.2 Å². The van der Waals surface area contributed by atoms with Gasteiger partial charge in [-0.2, -0.15) is 26.3 Å². The average Bonchev–Trinajstić information content (AvgIpc) is 2.37. The topological polar surface area (TPSA) is 58.6 Å². The second kappa shape index (κ2) is 8.13. The third kappa shape index (κ3) is 6.62. The Balaban J connectivity index is 0.000000381. The molecule has 0 radical (unpaired) electrons. The van der Waals surface area contributed by atoms with Crippen molar-refractivity contribution in [3.8, 4) is 5.75 Å². The van der Waals surface area contributed by atoms with Crippen molar-refractivity contribution in [3.05, 3.63) is 28.8 Å². The summed E-state index contributed by atoms with van der Waals surface area (Å²) in [5, 5.41) is 10.2. The molecule has 25 heavy (non-hydrogen) atoms. The van der Waals surface area contributed by atoms with Crippen LogP contribution in [-0.4, -0.2) is 36.4 Å². The van der Waals surface area contributed by atoms with Gasteiger partial charge in [-0.05, 0) is 25.1 Å². The van der Waals surface area contributed by atoms with Gasteiger partial charge in [0, 0.05) is 19.0 Å². The predicted octanol–water partition coefficient (Wildman–Crippen LogP) is 3.98. The normalized spacial score (nSPS) is 16.3. The van der Waals surface area contributed by atoms with Gasteiger partial charge in [0.25, 0.3) is 0 Å². The van der Waals surface area contributed by atoms with Crippen molar-refractivity contribution >= 4 is 17.6 Å². The van der Waals surface area contributed by atoms with Crippen molar-refractivity contribution in [1.82, 2.24) is 5.32 Å². The summed E-state index contributed by atoms with van der Waals surface area (Å²) < 4.78 is 74.7. The van der Waals surface area contributed by atoms with Crippen molar-refractivity contribution in [2.75, 3.05) is 13.1 Å². The van der Waals surface area contributed by atoms with E-state index < -0.39 is 23.9 Å². The fourth-order valence-corrected chi connectivity index (χ4v) is 1.94. The first-order chi connectivity index (χ1) is 11.3. The van der Waals surface area contributed by atoms with Crippen LogP contribution in [-0.2, 0) is 11.0 Å². The van der Waals surface area contributed by atoms with E-state index in [4.69, 9.17) is 26.2 Å². The predicted molar refractivity (Wildman–Crippen MR) is 76.6 cm³/mol. The highest BCUT2D eigenvalue weighted by atomic mass is 35.5. The molecule has 0 aliphatic carbocycles. The number of halogens is 7. The molecule has 1 atom stereocenters. The number of carbonyl (C=O) groups is 1. The van der Waals surface area contributed by atoms with E-state index in [-0.39, 0.29) is 11.1 Å². The lowest BCUT2D eigenvalue weighted by atomic mass is 9.97. The highest BCUT2D eigenvalue weighted by Crippen LogP contribution is 2.35. The number of alkyl halides is 6. The summed E-state index contributed by atoms with van der Waals surface area (Å²) in [5.41, 5.74) is -0.766. The molecule has 0 amide bonds. The Hall–Kier alpha value is -1.68. The molecule has 0 aromatic heterocycles. The minimum atomic E-state index is -5.08. The first-order valence-electron chi connectivity index (χ1n) is 6.86. The van der Waals surface area contributed by atoms with Gasteiger partial charge in [-0.15, -0.1) is 0 Å². The summed E-state index contributed by atoms with van der Waals surface area (Å²) in [7, 11) is 0. The second-order valence-corrected chi connectivity index (χ2v) is 5.59. The van der Waals surface area contributed by atoms with Gasteiger partial charge in [-0.3, -0.25) is 0 Å². The summed E-state index contributed by atoms with van der Waals surface area (Å²) in [6.45, 7) is 3.61. The van der Waals surface area contributed by atoms with Crippen LogP contribution in [0.5, 0.6) is 5.75 Å². The summed E-state index contributed by atoms with van der Waals surface area (Å²) >= 11 is 5.80. The number of carboxylic acids is 1. The number of hydrogen-bond acceptors (Lipinski definition) is 3. The van der Waals surface area contributed by atoms with Crippen LogP contribution in [0, 0.1) is 5.92 Å². The summed E-state index contributed by atoms with van der Waals surface area (Å²) in [6, 6.07) is 3.14. The lowest BCUT2D eigenvalue weighted by molar-refractivity contribution is -0.192. The Morgan fingerprint density at radius 3 is 2.12 bits per heavy atom. The number of carboxylic acid groups (broad SMARTS) is 1. The zero-order valence-corrected chi connectivity index (χ0v) is 13.5. The molecular weight excluding hydrogens is 380 g/mol. The van der Waals surface area contributed by atoms with Crippen molar-refractivity contribution in [2.24, 2.45) is 5.92 Å². The molecule has 0 bridgehead atoms. The molecule has 2 N–H and O–H groups in total. The Bertz CT molecular complexity index is 601. The second-order valence-electron chi connectivity index (χ2n) is 5.19. The number of nitrogens with one attached hydrogen (secondary N) is 1. The fraction of sp³-hybridized carbons (Fsp3) is 0.500. The minimum Gasteiger partial charge on any atom is -0.489 e. The summed E-state index contributed by atoms with van der Waals surface area (Å²) in [6.07, 6.45) is -9.54. The van der Waals surface area contributed by atoms with Gasteiger partial charge in [0.2, 0.25) is 0 Å². The Labute approximate surface area is 143 Å². The SMILES string of the molecule is CC(Oc1ccc(C(F)(F)F)cc1Cl)C1CNC1.O=C(O)C(F)(F)F. The first kappa shape index (κ1) is 21.4. The van der Waals surface area contributed by atoms with Crippen molar-refractivity contribution in [1.29, 1.82) is 0 Å². The van der Waals surface area contributed by atoms with Crippen LogP contribution in [0.1, 0.15) is 12.5 Å². The van der Waals surface area contributed by atoms with E-state index in [9.17, 15) is 26.3 Å². The van der Waals surface area contributed by atoms with E-state index in [1.807, 2.05) is 6.92 Å². The molecule has 142 valence electrons. The molecule has 1 aliphatic heterocycles. The Morgan fingerprint density at radius 2 is 1.80 bits per heavy atom. The summed E-state index contributed by atoms with van der Waals surface area (Å²) in [5.74, 6) is -2.08. The van der Waals surface area contributed by atoms with Crippen LogP contribution in [0.4, 0.5) is 26.3 Å². The Morgan fingerprint density at radius 1 is 1.28 bits per heavy atom. The summed E-state index contributed by atoms with van der Waals surface area (Å²) in [4.78, 5) is 8.90. The van der Waals surface area contributed by atoms with Crippen LogP contribution in [0.2, 0.25) is 5.02 Å².